The van der Waals surface area contributed by atoms with Crippen LogP contribution in [0.15, 0.2) is 24.3 Å². The highest BCUT2D eigenvalue weighted by atomic mass is 16.5. The quantitative estimate of drug-likeness (QED) is 0.834. The lowest BCUT2D eigenvalue weighted by atomic mass is 9.99. The van der Waals surface area contributed by atoms with Crippen molar-refractivity contribution in [1.29, 1.82) is 0 Å². The molecule has 1 N–H and O–H groups in total. The number of hydrogen-bond donors (Lipinski definition) is 1. The molecular formula is C18H30N2O. The molecule has 0 aromatic heterocycles. The third-order valence-corrected chi connectivity index (χ3v) is 4.13. The zero-order chi connectivity index (χ0) is 15.1. The molecule has 1 aromatic carbocycles. The molecule has 0 aliphatic carbocycles. The first-order valence-electron chi connectivity index (χ1n) is 8.23. The zero-order valence-electron chi connectivity index (χ0n) is 13.8. The third kappa shape index (κ3) is 5.68. The summed E-state index contributed by atoms with van der Waals surface area (Å²) < 4.78 is 5.43. The second-order valence-corrected chi connectivity index (χ2v) is 6.63. The van der Waals surface area contributed by atoms with Crippen molar-refractivity contribution in [3.8, 4) is 0 Å². The molecule has 2 rings (SSSR count). The Hall–Kier alpha value is -1.06. The van der Waals surface area contributed by atoms with Gasteiger partial charge in [0, 0.05) is 39.0 Å². The van der Waals surface area contributed by atoms with Crippen LogP contribution in [0.4, 0.5) is 5.69 Å². The standard InChI is InChI=1S/C18H30N2O/c1-15(2)12-19-13-16-4-6-18(7-5-16)20(3)14-17-8-10-21-11-9-17/h4-7,15,17,19H,8-14H2,1-3H3. The van der Waals surface area contributed by atoms with Crippen molar-refractivity contribution in [3.63, 3.8) is 0 Å². The van der Waals surface area contributed by atoms with Crippen LogP contribution < -0.4 is 10.2 Å². The van der Waals surface area contributed by atoms with Crippen LogP contribution in [0, 0.1) is 11.8 Å². The molecule has 1 saturated heterocycles. The third-order valence-electron chi connectivity index (χ3n) is 4.13. The van der Waals surface area contributed by atoms with Gasteiger partial charge < -0.3 is 15.0 Å². The number of anilines is 1. The van der Waals surface area contributed by atoms with Crippen LogP contribution in [0.1, 0.15) is 32.3 Å². The van der Waals surface area contributed by atoms with Gasteiger partial charge in [0.15, 0.2) is 0 Å². The summed E-state index contributed by atoms with van der Waals surface area (Å²) in [4.78, 5) is 2.38. The van der Waals surface area contributed by atoms with Crippen LogP contribution >= 0.6 is 0 Å². The molecule has 118 valence electrons. The normalized spacial score (nSPS) is 16.4. The first-order chi connectivity index (χ1) is 10.1. The Labute approximate surface area is 129 Å². The van der Waals surface area contributed by atoms with E-state index in [1.807, 2.05) is 0 Å². The van der Waals surface area contributed by atoms with Crippen LogP contribution in [-0.2, 0) is 11.3 Å². The maximum absolute atomic E-state index is 5.43. The number of nitrogens with one attached hydrogen (secondary N) is 1. The Morgan fingerprint density at radius 3 is 2.48 bits per heavy atom. The van der Waals surface area contributed by atoms with Gasteiger partial charge in [-0.1, -0.05) is 26.0 Å². The highest BCUT2D eigenvalue weighted by molar-refractivity contribution is 5.46. The lowest BCUT2D eigenvalue weighted by Gasteiger charge is -2.28. The van der Waals surface area contributed by atoms with Gasteiger partial charge in [0.2, 0.25) is 0 Å². The predicted molar refractivity (Wildman–Crippen MR) is 89.8 cm³/mol. The van der Waals surface area contributed by atoms with Crippen LogP contribution in [0.25, 0.3) is 0 Å². The molecule has 3 heteroatoms. The van der Waals surface area contributed by atoms with Gasteiger partial charge in [-0.3, -0.25) is 0 Å². The van der Waals surface area contributed by atoms with Crippen molar-refractivity contribution in [2.24, 2.45) is 11.8 Å². The molecule has 0 bridgehead atoms. The van der Waals surface area contributed by atoms with E-state index in [2.05, 4.69) is 55.4 Å². The predicted octanol–water partition coefficient (Wildman–Crippen LogP) is 3.30. The summed E-state index contributed by atoms with van der Waals surface area (Å²) in [5.41, 5.74) is 2.67. The molecular weight excluding hydrogens is 260 g/mol. The molecule has 1 aliphatic heterocycles. The fourth-order valence-corrected chi connectivity index (χ4v) is 2.80. The topological polar surface area (TPSA) is 24.5 Å². The van der Waals surface area contributed by atoms with Gasteiger partial charge in [0.25, 0.3) is 0 Å². The SMILES string of the molecule is CC(C)CNCc1ccc(N(C)CC2CCOCC2)cc1. The van der Waals surface area contributed by atoms with E-state index in [9.17, 15) is 0 Å². The molecule has 0 spiro atoms. The van der Waals surface area contributed by atoms with Crippen LogP contribution in [0.5, 0.6) is 0 Å². The van der Waals surface area contributed by atoms with E-state index in [0.29, 0.717) is 5.92 Å². The summed E-state index contributed by atoms with van der Waals surface area (Å²) in [6, 6.07) is 8.96. The maximum Gasteiger partial charge on any atom is 0.0469 e. The van der Waals surface area contributed by atoms with Gasteiger partial charge >= 0.3 is 0 Å². The average Bonchev–Trinajstić information content (AvgIpc) is 2.48. The summed E-state index contributed by atoms with van der Waals surface area (Å²) in [5, 5.41) is 3.49. The molecule has 1 aromatic rings. The van der Waals surface area contributed by atoms with Crippen molar-refractivity contribution < 1.29 is 4.74 Å². The second kappa shape index (κ2) is 8.40. The summed E-state index contributed by atoms with van der Waals surface area (Å²) in [6.07, 6.45) is 2.39. The zero-order valence-corrected chi connectivity index (χ0v) is 13.8. The van der Waals surface area contributed by atoms with Gasteiger partial charge in [-0.25, -0.2) is 0 Å². The molecule has 21 heavy (non-hydrogen) atoms. The molecule has 0 atom stereocenters. The number of hydrogen-bond acceptors (Lipinski definition) is 3. The van der Waals surface area contributed by atoms with E-state index < -0.39 is 0 Å². The van der Waals surface area contributed by atoms with Gasteiger partial charge in [0.1, 0.15) is 0 Å². The first-order valence-corrected chi connectivity index (χ1v) is 8.23. The maximum atomic E-state index is 5.43. The van der Waals surface area contributed by atoms with E-state index in [1.165, 1.54) is 24.1 Å². The van der Waals surface area contributed by atoms with Crippen molar-refractivity contribution >= 4 is 5.69 Å². The monoisotopic (exact) mass is 290 g/mol. The first kappa shape index (κ1) is 16.3. The molecule has 0 radical (unpaired) electrons. The van der Waals surface area contributed by atoms with Gasteiger partial charge in [-0.2, -0.15) is 0 Å². The Morgan fingerprint density at radius 1 is 1.19 bits per heavy atom. The number of nitrogens with zero attached hydrogens (tertiary/aromatic N) is 1. The Morgan fingerprint density at radius 2 is 1.86 bits per heavy atom. The Balaban J connectivity index is 1.80. The highest BCUT2D eigenvalue weighted by Crippen LogP contribution is 2.20. The molecule has 1 aliphatic rings. The molecule has 1 heterocycles. The number of ether oxygens (including phenoxy) is 1. The Bertz CT molecular complexity index is 396. The van der Waals surface area contributed by atoms with E-state index in [-0.39, 0.29) is 0 Å². The average molecular weight is 290 g/mol. The highest BCUT2D eigenvalue weighted by Gasteiger charge is 2.15. The minimum atomic E-state index is 0.704. The molecule has 3 nitrogen and oxygen atoms in total. The van der Waals surface area contributed by atoms with E-state index in [0.717, 1.165) is 38.8 Å². The van der Waals surface area contributed by atoms with Gasteiger partial charge in [-0.15, -0.1) is 0 Å². The second-order valence-electron chi connectivity index (χ2n) is 6.63. The summed E-state index contributed by atoms with van der Waals surface area (Å²) in [7, 11) is 2.20. The summed E-state index contributed by atoms with van der Waals surface area (Å²) >= 11 is 0. The summed E-state index contributed by atoms with van der Waals surface area (Å²) in [6.45, 7) is 9.50. The molecule has 0 amide bonds. The van der Waals surface area contributed by atoms with Crippen molar-refractivity contribution in [2.45, 2.75) is 33.2 Å². The van der Waals surface area contributed by atoms with Gasteiger partial charge in [-0.05, 0) is 48.9 Å². The largest absolute Gasteiger partial charge is 0.381 e. The van der Waals surface area contributed by atoms with E-state index in [1.54, 1.807) is 0 Å². The van der Waals surface area contributed by atoms with E-state index >= 15 is 0 Å². The van der Waals surface area contributed by atoms with Crippen LogP contribution in [0.2, 0.25) is 0 Å². The molecule has 1 fully saturated rings. The smallest absolute Gasteiger partial charge is 0.0469 e. The fraction of sp³-hybridized carbons (Fsp3) is 0.667. The van der Waals surface area contributed by atoms with E-state index in [4.69, 9.17) is 4.74 Å². The minimum Gasteiger partial charge on any atom is -0.381 e. The summed E-state index contributed by atoms with van der Waals surface area (Å²) in [5.74, 6) is 1.48. The lowest BCUT2D eigenvalue weighted by molar-refractivity contribution is 0.0685. The van der Waals surface area contributed by atoms with Crippen LogP contribution in [-0.4, -0.2) is 33.4 Å². The van der Waals surface area contributed by atoms with Crippen LogP contribution in [0.3, 0.4) is 0 Å². The minimum absolute atomic E-state index is 0.704. The fourth-order valence-electron chi connectivity index (χ4n) is 2.80. The lowest BCUT2D eigenvalue weighted by Crippen LogP contribution is -2.29. The molecule has 0 saturated carbocycles. The number of benzene rings is 1. The Kier molecular flexibility index (Phi) is 6.52. The van der Waals surface area contributed by atoms with Gasteiger partial charge in [0.05, 0.1) is 0 Å². The molecule has 0 unspecified atom stereocenters. The number of rotatable bonds is 7. The van der Waals surface area contributed by atoms with Crippen molar-refractivity contribution in [1.82, 2.24) is 5.32 Å². The van der Waals surface area contributed by atoms with Crippen molar-refractivity contribution in [3.05, 3.63) is 29.8 Å². The van der Waals surface area contributed by atoms with Crippen molar-refractivity contribution in [2.75, 3.05) is 38.3 Å².